The molecule has 1 atom stereocenters. The Kier molecular flexibility index (Phi) is 5.37. The van der Waals surface area contributed by atoms with Crippen molar-refractivity contribution in [3.63, 3.8) is 0 Å². The summed E-state index contributed by atoms with van der Waals surface area (Å²) < 4.78 is 1.49. The predicted molar refractivity (Wildman–Crippen MR) is 117 cm³/mol. The third-order valence-electron chi connectivity index (χ3n) is 5.70. The van der Waals surface area contributed by atoms with Crippen LogP contribution in [0.3, 0.4) is 0 Å². The number of anilines is 1. The van der Waals surface area contributed by atoms with E-state index in [1.54, 1.807) is 18.3 Å². The van der Waals surface area contributed by atoms with Crippen LogP contribution in [0.4, 0.5) is 10.5 Å². The molecule has 3 aromatic rings. The molecule has 1 aliphatic rings. The van der Waals surface area contributed by atoms with E-state index in [-0.39, 0.29) is 30.8 Å². The zero-order chi connectivity index (χ0) is 22.1. The number of nitrogens with zero attached hydrogens (tertiary/aromatic N) is 1. The Bertz CT molecular complexity index is 1200. The highest BCUT2D eigenvalue weighted by Crippen LogP contribution is 2.34. The Labute approximate surface area is 179 Å². The molecule has 0 radical (unpaired) electrons. The molecule has 0 bridgehead atoms. The van der Waals surface area contributed by atoms with E-state index in [1.807, 2.05) is 38.1 Å². The molecule has 1 aliphatic heterocycles. The van der Waals surface area contributed by atoms with Gasteiger partial charge in [0.15, 0.2) is 5.88 Å². The number of carbonyl (C=O) groups excluding carboxylic acids is 3. The van der Waals surface area contributed by atoms with Crippen LogP contribution in [0, 0.1) is 13.8 Å². The highest BCUT2D eigenvalue weighted by Gasteiger charge is 2.30. The van der Waals surface area contributed by atoms with Gasteiger partial charge in [-0.15, -0.1) is 0 Å². The summed E-state index contributed by atoms with van der Waals surface area (Å²) in [4.78, 5) is 36.0. The van der Waals surface area contributed by atoms with Crippen LogP contribution in [0.5, 0.6) is 5.88 Å². The summed E-state index contributed by atoms with van der Waals surface area (Å²) >= 11 is 0. The van der Waals surface area contributed by atoms with Gasteiger partial charge in [-0.3, -0.25) is 14.9 Å². The van der Waals surface area contributed by atoms with Crippen LogP contribution < -0.4 is 16.0 Å². The first-order valence-corrected chi connectivity index (χ1v) is 10.1. The lowest BCUT2D eigenvalue weighted by atomic mass is 10.1. The lowest BCUT2D eigenvalue weighted by molar-refractivity contribution is -0.135. The number of urea groups is 1. The Hall–Kier alpha value is -3.81. The van der Waals surface area contributed by atoms with Gasteiger partial charge in [0.25, 0.3) is 0 Å². The second-order valence-electron chi connectivity index (χ2n) is 7.81. The number of benzene rings is 2. The third-order valence-corrected chi connectivity index (χ3v) is 5.70. The number of hydrogen-bond acceptors (Lipinski definition) is 4. The smallest absolute Gasteiger partial charge is 0.319 e. The highest BCUT2D eigenvalue weighted by atomic mass is 16.3. The minimum Gasteiger partial charge on any atom is -0.494 e. The van der Waals surface area contributed by atoms with Crippen LogP contribution in [0.2, 0.25) is 0 Å². The molecule has 160 valence electrons. The summed E-state index contributed by atoms with van der Waals surface area (Å²) in [5.41, 5.74) is 3.75. The van der Waals surface area contributed by atoms with Gasteiger partial charge >= 0.3 is 6.03 Å². The van der Waals surface area contributed by atoms with E-state index < -0.39 is 11.9 Å². The van der Waals surface area contributed by atoms with Gasteiger partial charge in [-0.1, -0.05) is 18.2 Å². The van der Waals surface area contributed by atoms with Crippen molar-refractivity contribution in [2.24, 2.45) is 0 Å². The summed E-state index contributed by atoms with van der Waals surface area (Å²) in [5, 5.41) is 19.9. The average molecular weight is 420 g/mol. The number of aromatic nitrogens is 1. The summed E-state index contributed by atoms with van der Waals surface area (Å²) in [6, 6.07) is 10.1. The van der Waals surface area contributed by atoms with Crippen molar-refractivity contribution in [1.82, 2.24) is 15.2 Å². The maximum absolute atomic E-state index is 12.3. The summed E-state index contributed by atoms with van der Waals surface area (Å²) in [7, 11) is 0. The molecule has 1 unspecified atom stereocenters. The molecule has 2 aromatic carbocycles. The lowest BCUT2D eigenvalue weighted by Gasteiger charge is -2.22. The van der Waals surface area contributed by atoms with E-state index >= 15 is 0 Å². The minimum atomic E-state index is -0.654. The van der Waals surface area contributed by atoms with Crippen LogP contribution in [0.15, 0.2) is 42.6 Å². The molecule has 8 nitrogen and oxygen atoms in total. The average Bonchev–Trinajstić information content (AvgIpc) is 3.06. The molecule has 0 spiro atoms. The lowest BCUT2D eigenvalue weighted by Crippen LogP contribution is -2.41. The van der Waals surface area contributed by atoms with Gasteiger partial charge in [-0.25, -0.2) is 4.79 Å². The summed E-state index contributed by atoms with van der Waals surface area (Å²) in [5.74, 6) is -0.776. The number of aryl methyl sites for hydroxylation is 2. The van der Waals surface area contributed by atoms with E-state index in [0.29, 0.717) is 17.5 Å². The Morgan fingerprint density at radius 2 is 1.97 bits per heavy atom. The number of aromatic hydroxyl groups is 1. The Balaban J connectivity index is 1.51. The molecule has 31 heavy (non-hydrogen) atoms. The van der Waals surface area contributed by atoms with Gasteiger partial charge < -0.3 is 20.3 Å². The summed E-state index contributed by atoms with van der Waals surface area (Å²) in [6.45, 7) is 4.24. The van der Waals surface area contributed by atoms with E-state index in [4.69, 9.17) is 0 Å². The van der Waals surface area contributed by atoms with Crippen molar-refractivity contribution < 1.29 is 19.5 Å². The van der Waals surface area contributed by atoms with Gasteiger partial charge in [0, 0.05) is 35.6 Å². The molecule has 4 amide bonds. The zero-order valence-corrected chi connectivity index (χ0v) is 17.4. The first kappa shape index (κ1) is 20.5. The molecular weight excluding hydrogens is 396 g/mol. The molecule has 1 fully saturated rings. The first-order valence-electron chi connectivity index (χ1n) is 10.1. The fraction of sp³-hybridized carbons (Fsp3) is 0.261. The van der Waals surface area contributed by atoms with Gasteiger partial charge in [-0.05, 0) is 55.2 Å². The quantitative estimate of drug-likeness (QED) is 0.485. The maximum Gasteiger partial charge on any atom is 0.319 e. The van der Waals surface area contributed by atoms with Gasteiger partial charge in [0.1, 0.15) is 6.04 Å². The fourth-order valence-corrected chi connectivity index (χ4v) is 3.81. The minimum absolute atomic E-state index is 0.0362. The predicted octanol–water partition coefficient (Wildman–Crippen LogP) is 3.26. The van der Waals surface area contributed by atoms with Crippen molar-refractivity contribution in [3.05, 3.63) is 59.3 Å². The molecular formula is C23H24N4O4. The van der Waals surface area contributed by atoms with Crippen molar-refractivity contribution in [2.75, 3.05) is 5.32 Å². The van der Waals surface area contributed by atoms with Crippen molar-refractivity contribution >= 4 is 34.3 Å². The Morgan fingerprint density at radius 1 is 1.16 bits per heavy atom. The van der Waals surface area contributed by atoms with Crippen LogP contribution in [-0.2, 0) is 16.1 Å². The van der Waals surface area contributed by atoms with E-state index in [0.717, 1.165) is 22.1 Å². The standard InChI is InChI=1S/C23H24N4O4/c1-13-6-7-16(10-14(13)2)25-23(31)24-11-15-4-3-5-17-18(15)12-27(22(17)30)19-8-9-20(28)26-21(19)29/h3-7,10,12,19,30H,8-9,11H2,1-2H3,(H2,24,25,31)(H,26,28,29). The maximum atomic E-state index is 12.3. The molecule has 4 rings (SSSR count). The van der Waals surface area contributed by atoms with E-state index in [9.17, 15) is 19.5 Å². The monoisotopic (exact) mass is 420 g/mol. The van der Waals surface area contributed by atoms with Gasteiger partial charge in [0.2, 0.25) is 11.8 Å². The van der Waals surface area contributed by atoms with Crippen LogP contribution in [0.25, 0.3) is 10.8 Å². The number of amides is 4. The molecule has 4 N–H and O–H groups in total. The largest absolute Gasteiger partial charge is 0.494 e. The number of nitrogens with one attached hydrogen (secondary N) is 3. The molecule has 0 aliphatic carbocycles. The first-order chi connectivity index (χ1) is 14.8. The number of carbonyl (C=O) groups is 3. The van der Waals surface area contributed by atoms with Crippen LogP contribution in [0.1, 0.15) is 35.6 Å². The third kappa shape index (κ3) is 4.09. The second-order valence-corrected chi connectivity index (χ2v) is 7.81. The fourth-order valence-electron chi connectivity index (χ4n) is 3.81. The Morgan fingerprint density at radius 3 is 2.71 bits per heavy atom. The molecule has 2 heterocycles. The summed E-state index contributed by atoms with van der Waals surface area (Å²) in [6.07, 6.45) is 2.24. The molecule has 1 saturated heterocycles. The van der Waals surface area contributed by atoms with Gasteiger partial charge in [-0.2, -0.15) is 0 Å². The van der Waals surface area contributed by atoms with Crippen molar-refractivity contribution in [2.45, 2.75) is 39.3 Å². The van der Waals surface area contributed by atoms with E-state index in [1.165, 1.54) is 4.57 Å². The number of hydrogen-bond donors (Lipinski definition) is 4. The second kappa shape index (κ2) is 8.14. The number of imide groups is 1. The van der Waals surface area contributed by atoms with Gasteiger partial charge in [0.05, 0.1) is 0 Å². The van der Waals surface area contributed by atoms with Crippen molar-refractivity contribution in [3.8, 4) is 5.88 Å². The van der Waals surface area contributed by atoms with Crippen LogP contribution >= 0.6 is 0 Å². The highest BCUT2D eigenvalue weighted by molar-refractivity contribution is 6.00. The number of rotatable bonds is 4. The normalized spacial score (nSPS) is 16.3. The van der Waals surface area contributed by atoms with Crippen molar-refractivity contribution in [1.29, 1.82) is 0 Å². The number of fused-ring (bicyclic) bond motifs is 1. The number of piperidine rings is 1. The molecule has 8 heteroatoms. The topological polar surface area (TPSA) is 112 Å². The van der Waals surface area contributed by atoms with E-state index in [2.05, 4.69) is 16.0 Å². The zero-order valence-electron chi connectivity index (χ0n) is 17.4. The van der Waals surface area contributed by atoms with Crippen LogP contribution in [-0.4, -0.2) is 27.5 Å². The molecule has 0 saturated carbocycles. The SMILES string of the molecule is Cc1ccc(NC(=O)NCc2cccc3c(O)n(C4CCC(=O)NC4=O)cc23)cc1C. The molecule has 1 aromatic heterocycles.